The molecule has 2 aliphatic heterocycles. The number of hydrogen-bond acceptors (Lipinski definition) is 6. The number of ether oxygens (including phenoxy) is 1. The van der Waals surface area contributed by atoms with Crippen molar-refractivity contribution in [3.63, 3.8) is 0 Å². The SMILES string of the molecule is C=C(CCC1(CCC)Cc2ccccc2[C@H]1NC(=O)OC(C)(C)C)C1=CC=C=C(C(=N)N2CCCc3cc(OS(=O)F)ccc32)C(C)=N1. The standard InChI is InChI=1S/C38H45FN4O4S/c1-7-20-38(24-28-12-8-9-14-31(28)34(38)42-36(44)46-37(4,5)6)21-19-25(2)32-16-10-15-30(26(3)41-32)35(40)43-22-11-13-27-23-29(47-48(39)45)17-18-33(27)43/h8-10,12,14,16-18,23,34,40H,2,7,11,13,19-22,24H2,1,3-6H3,(H,42,44)/t34-,38?,48?/m1/s1. The van der Waals surface area contributed by atoms with Gasteiger partial charge < -0.3 is 19.1 Å². The minimum Gasteiger partial charge on any atom is -0.444 e. The van der Waals surface area contributed by atoms with Crippen molar-refractivity contribution in [2.75, 3.05) is 11.4 Å². The summed E-state index contributed by atoms with van der Waals surface area (Å²) in [6.45, 7) is 14.7. The summed E-state index contributed by atoms with van der Waals surface area (Å²) in [6, 6.07) is 13.2. The van der Waals surface area contributed by atoms with Crippen LogP contribution in [0.2, 0.25) is 0 Å². The van der Waals surface area contributed by atoms with Gasteiger partial charge in [-0.15, -0.1) is 5.73 Å². The van der Waals surface area contributed by atoms with Gasteiger partial charge in [-0.3, -0.25) is 10.4 Å². The Morgan fingerprint density at radius 3 is 2.73 bits per heavy atom. The Balaban J connectivity index is 1.32. The number of halogens is 1. The summed E-state index contributed by atoms with van der Waals surface area (Å²) in [5, 5.41) is 12.4. The Morgan fingerprint density at radius 2 is 2.00 bits per heavy atom. The van der Waals surface area contributed by atoms with Gasteiger partial charge in [0.1, 0.15) is 17.2 Å². The zero-order valence-electron chi connectivity index (χ0n) is 28.5. The summed E-state index contributed by atoms with van der Waals surface area (Å²) in [4.78, 5) is 19.9. The van der Waals surface area contributed by atoms with E-state index in [1.165, 1.54) is 5.56 Å². The Hall–Kier alpha value is -4.27. The lowest BCUT2D eigenvalue weighted by atomic mass is 9.72. The number of rotatable bonds is 10. The highest BCUT2D eigenvalue weighted by Gasteiger charge is 2.46. The molecule has 0 bridgehead atoms. The number of alkyl carbamates (subject to hydrolysis) is 1. The van der Waals surface area contributed by atoms with E-state index in [9.17, 15) is 12.9 Å². The number of nitrogens with one attached hydrogen (secondary N) is 2. The fourth-order valence-corrected chi connectivity index (χ4v) is 7.40. The number of aryl methyl sites for hydroxylation is 1. The van der Waals surface area contributed by atoms with Gasteiger partial charge in [-0.1, -0.05) is 48.1 Å². The van der Waals surface area contributed by atoms with E-state index in [2.05, 4.69) is 42.7 Å². The maximum atomic E-state index is 13.1. The molecule has 254 valence electrons. The first-order valence-corrected chi connectivity index (χ1v) is 17.5. The first-order valence-electron chi connectivity index (χ1n) is 16.5. The molecule has 2 N–H and O–H groups in total. The van der Waals surface area contributed by atoms with Gasteiger partial charge in [0.15, 0.2) is 0 Å². The van der Waals surface area contributed by atoms with E-state index in [1.807, 2.05) is 44.7 Å². The van der Waals surface area contributed by atoms with E-state index in [4.69, 9.17) is 19.3 Å². The summed E-state index contributed by atoms with van der Waals surface area (Å²) >= 11 is -2.90. The minimum atomic E-state index is -2.90. The normalized spacial score (nSPS) is 20.8. The topological polar surface area (TPSA) is 104 Å². The fourth-order valence-electron chi connectivity index (χ4n) is 7.15. The molecule has 1 amide bonds. The third-order valence-corrected chi connectivity index (χ3v) is 9.50. The number of benzene rings is 2. The Morgan fingerprint density at radius 1 is 1.23 bits per heavy atom. The van der Waals surface area contributed by atoms with E-state index >= 15 is 0 Å². The number of anilines is 1. The molecule has 48 heavy (non-hydrogen) atoms. The average Bonchev–Trinajstić information content (AvgIpc) is 3.17. The number of carbonyl (C=O) groups excluding carboxylic acids is 1. The molecule has 2 aromatic rings. The number of nitrogens with zero attached hydrogens (tertiary/aromatic N) is 2. The first kappa shape index (κ1) is 35.0. The van der Waals surface area contributed by atoms with Gasteiger partial charge >= 0.3 is 17.6 Å². The van der Waals surface area contributed by atoms with Gasteiger partial charge in [-0.25, -0.2) is 4.79 Å². The van der Waals surface area contributed by atoms with Crippen molar-refractivity contribution in [3.05, 3.63) is 100 Å². The lowest BCUT2D eigenvalue weighted by molar-refractivity contribution is 0.0434. The van der Waals surface area contributed by atoms with Crippen molar-refractivity contribution in [1.29, 1.82) is 5.41 Å². The quantitative estimate of drug-likeness (QED) is 0.114. The second-order valence-corrected chi connectivity index (χ2v) is 14.3. The lowest BCUT2D eigenvalue weighted by Crippen LogP contribution is -2.41. The predicted molar refractivity (Wildman–Crippen MR) is 190 cm³/mol. The number of amides is 1. The van der Waals surface area contributed by atoms with Gasteiger partial charge in [-0.2, -0.15) is 4.21 Å². The van der Waals surface area contributed by atoms with Crippen molar-refractivity contribution in [2.45, 2.75) is 91.2 Å². The second kappa shape index (κ2) is 14.5. The Labute approximate surface area is 286 Å². The van der Waals surface area contributed by atoms with Gasteiger partial charge in [0.2, 0.25) is 0 Å². The van der Waals surface area contributed by atoms with E-state index in [-0.39, 0.29) is 23.0 Å². The number of fused-ring (bicyclic) bond motifs is 2. The van der Waals surface area contributed by atoms with Gasteiger partial charge in [0.25, 0.3) is 0 Å². The first-order chi connectivity index (χ1) is 22.8. The van der Waals surface area contributed by atoms with Crippen molar-refractivity contribution in [1.82, 2.24) is 5.32 Å². The summed E-state index contributed by atoms with van der Waals surface area (Å²) in [7, 11) is 0. The van der Waals surface area contributed by atoms with Gasteiger partial charge in [0, 0.05) is 12.2 Å². The molecule has 1 aliphatic carbocycles. The Bertz CT molecular complexity index is 1770. The van der Waals surface area contributed by atoms with Crippen LogP contribution in [0.3, 0.4) is 0 Å². The van der Waals surface area contributed by atoms with Crippen LogP contribution >= 0.6 is 0 Å². The van der Waals surface area contributed by atoms with E-state index < -0.39 is 23.2 Å². The van der Waals surface area contributed by atoms with Crippen LogP contribution in [0, 0.1) is 10.8 Å². The van der Waals surface area contributed by atoms with Crippen LogP contribution in [0.4, 0.5) is 14.4 Å². The number of amidine groups is 1. The van der Waals surface area contributed by atoms with Crippen molar-refractivity contribution < 1.29 is 21.8 Å². The molecule has 0 radical (unpaired) electrons. The van der Waals surface area contributed by atoms with Crippen LogP contribution < -0.4 is 14.4 Å². The molecule has 0 spiro atoms. The molecule has 8 nitrogen and oxygen atoms in total. The number of allylic oxidation sites excluding steroid dienone is 2. The second-order valence-electron chi connectivity index (χ2n) is 13.8. The maximum Gasteiger partial charge on any atom is 0.408 e. The molecule has 2 heterocycles. The highest BCUT2D eigenvalue weighted by Crippen LogP contribution is 2.52. The van der Waals surface area contributed by atoms with Crippen LogP contribution in [0.15, 0.2) is 88.8 Å². The molecule has 2 aromatic carbocycles. The van der Waals surface area contributed by atoms with Gasteiger partial charge in [0.05, 0.1) is 23.0 Å². The van der Waals surface area contributed by atoms with E-state index in [0.717, 1.165) is 66.6 Å². The Kier molecular flexibility index (Phi) is 10.6. The van der Waals surface area contributed by atoms with E-state index in [1.54, 1.807) is 24.3 Å². The molecule has 0 saturated carbocycles. The fraction of sp³-hybridized carbons (Fsp3) is 0.421. The van der Waals surface area contributed by atoms with Crippen LogP contribution in [0.25, 0.3) is 0 Å². The molecular formula is C38H45FN4O4S. The molecule has 2 unspecified atom stereocenters. The number of aliphatic imine (C=N–C) groups is 1. The largest absolute Gasteiger partial charge is 0.444 e. The van der Waals surface area contributed by atoms with E-state index in [0.29, 0.717) is 24.3 Å². The third-order valence-electron chi connectivity index (χ3n) is 9.17. The number of carbonyl (C=O) groups is 1. The van der Waals surface area contributed by atoms with Crippen LogP contribution in [0.5, 0.6) is 5.75 Å². The molecule has 3 atom stereocenters. The molecule has 3 aliphatic rings. The van der Waals surface area contributed by atoms with Crippen molar-refractivity contribution >= 4 is 34.8 Å². The maximum absolute atomic E-state index is 13.1. The molecule has 5 rings (SSSR count). The summed E-state index contributed by atoms with van der Waals surface area (Å²) in [5.41, 5.74) is 9.39. The highest BCUT2D eigenvalue weighted by atomic mass is 32.2. The average molecular weight is 673 g/mol. The predicted octanol–water partition coefficient (Wildman–Crippen LogP) is 8.73. The molecule has 10 heteroatoms. The lowest BCUT2D eigenvalue weighted by Gasteiger charge is -2.37. The van der Waals surface area contributed by atoms with Crippen LogP contribution in [-0.2, 0) is 29.0 Å². The van der Waals surface area contributed by atoms with Crippen LogP contribution in [-0.4, -0.2) is 34.0 Å². The minimum absolute atomic E-state index is 0.188. The number of hydrogen-bond donors (Lipinski definition) is 2. The third kappa shape index (κ3) is 7.88. The summed E-state index contributed by atoms with van der Waals surface area (Å²) in [6.07, 6.45) is 9.02. The summed E-state index contributed by atoms with van der Waals surface area (Å²) in [5.74, 6) is 0.453. The van der Waals surface area contributed by atoms with Crippen LogP contribution in [0.1, 0.15) is 89.5 Å². The molecule has 0 aromatic heterocycles. The van der Waals surface area contributed by atoms with Crippen molar-refractivity contribution in [3.8, 4) is 5.75 Å². The molecule has 0 fully saturated rings. The smallest absolute Gasteiger partial charge is 0.408 e. The zero-order chi connectivity index (χ0) is 34.6. The monoisotopic (exact) mass is 672 g/mol. The highest BCUT2D eigenvalue weighted by molar-refractivity contribution is 7.75. The molecular weight excluding hydrogens is 628 g/mol. The van der Waals surface area contributed by atoms with Gasteiger partial charge in [-0.05, 0) is 124 Å². The van der Waals surface area contributed by atoms with Crippen molar-refractivity contribution in [2.24, 2.45) is 10.4 Å². The molecule has 0 saturated heterocycles. The summed E-state index contributed by atoms with van der Waals surface area (Å²) < 4.78 is 34.3. The zero-order valence-corrected chi connectivity index (χ0v) is 29.3.